The highest BCUT2D eigenvalue weighted by Gasteiger charge is 2.32. The van der Waals surface area contributed by atoms with E-state index in [-0.39, 0.29) is 33.3 Å². The van der Waals surface area contributed by atoms with Crippen LogP contribution in [0.3, 0.4) is 0 Å². The van der Waals surface area contributed by atoms with Crippen LogP contribution in [0, 0.1) is 5.92 Å². The Hall–Kier alpha value is -1.64. The van der Waals surface area contributed by atoms with Gasteiger partial charge in [0.15, 0.2) is 6.10 Å². The van der Waals surface area contributed by atoms with E-state index in [1.807, 2.05) is 6.92 Å². The lowest BCUT2D eigenvalue weighted by Crippen LogP contribution is -2.39. The first-order chi connectivity index (χ1) is 13.2. The molecule has 9 heteroatoms. The van der Waals surface area contributed by atoms with Crippen molar-refractivity contribution < 1.29 is 22.7 Å². The molecular formula is C19H25ClN2O5S. The molecule has 1 saturated carbocycles. The fourth-order valence-corrected chi connectivity index (χ4v) is 5.26. The molecule has 3 rings (SSSR count). The molecule has 1 heterocycles. The summed E-state index contributed by atoms with van der Waals surface area (Å²) in [6.07, 6.45) is 2.66. The number of hydrogen-bond donors (Lipinski definition) is 1. The number of amides is 1. The van der Waals surface area contributed by atoms with Gasteiger partial charge in [-0.05, 0) is 56.7 Å². The molecule has 1 aliphatic carbocycles. The highest BCUT2D eigenvalue weighted by Crippen LogP contribution is 2.29. The van der Waals surface area contributed by atoms with Gasteiger partial charge >= 0.3 is 5.97 Å². The zero-order valence-corrected chi connectivity index (χ0v) is 17.6. The standard InChI is InChI=1S/C19H25ClN2O5S/c1-12-4-3-9-22(11-12)28(25,26)17-10-14(5-8-16(17)20)19(24)27-13(2)18(23)21-15-6-7-15/h5,8,10,12-13,15H,3-4,6-7,9,11H2,1-2H3,(H,21,23). The average Bonchev–Trinajstić information content (AvgIpc) is 3.45. The Morgan fingerprint density at radius 1 is 1.29 bits per heavy atom. The molecular weight excluding hydrogens is 404 g/mol. The Morgan fingerprint density at radius 2 is 2.00 bits per heavy atom. The Kier molecular flexibility index (Phi) is 6.31. The first-order valence-corrected chi connectivity index (χ1v) is 11.3. The quantitative estimate of drug-likeness (QED) is 0.703. The summed E-state index contributed by atoms with van der Waals surface area (Å²) in [6, 6.07) is 4.15. The molecule has 2 atom stereocenters. The van der Waals surface area contributed by atoms with Crippen LogP contribution in [0.5, 0.6) is 0 Å². The number of ether oxygens (including phenoxy) is 1. The van der Waals surface area contributed by atoms with E-state index in [2.05, 4.69) is 5.32 Å². The smallest absolute Gasteiger partial charge is 0.338 e. The van der Waals surface area contributed by atoms with Gasteiger partial charge in [-0.3, -0.25) is 4.79 Å². The van der Waals surface area contributed by atoms with Crippen molar-refractivity contribution in [3.63, 3.8) is 0 Å². The molecule has 2 aliphatic rings. The summed E-state index contributed by atoms with van der Waals surface area (Å²) in [5.74, 6) is -0.861. The summed E-state index contributed by atoms with van der Waals surface area (Å²) in [7, 11) is -3.82. The van der Waals surface area contributed by atoms with Gasteiger partial charge < -0.3 is 10.1 Å². The van der Waals surface area contributed by atoms with Gasteiger partial charge in [0.1, 0.15) is 4.90 Å². The number of benzene rings is 1. The van der Waals surface area contributed by atoms with Crippen LogP contribution in [0.15, 0.2) is 23.1 Å². The molecule has 7 nitrogen and oxygen atoms in total. The number of hydrogen-bond acceptors (Lipinski definition) is 5. The molecule has 0 spiro atoms. The van der Waals surface area contributed by atoms with Crippen LogP contribution in [-0.2, 0) is 19.6 Å². The van der Waals surface area contributed by atoms with Crippen molar-refractivity contribution in [1.29, 1.82) is 0 Å². The van der Waals surface area contributed by atoms with Gasteiger partial charge in [0, 0.05) is 19.1 Å². The Labute approximate surface area is 170 Å². The van der Waals surface area contributed by atoms with Gasteiger partial charge in [0.2, 0.25) is 10.0 Å². The van der Waals surface area contributed by atoms with E-state index in [0.29, 0.717) is 13.1 Å². The number of piperidine rings is 1. The SMILES string of the molecule is CC1CCCN(S(=O)(=O)c2cc(C(=O)OC(C)C(=O)NC3CC3)ccc2Cl)C1. The second-order valence-corrected chi connectivity index (χ2v) is 9.90. The Balaban J connectivity index is 1.76. The van der Waals surface area contributed by atoms with E-state index >= 15 is 0 Å². The topological polar surface area (TPSA) is 92.8 Å². The molecule has 0 aromatic heterocycles. The van der Waals surface area contributed by atoms with Crippen LogP contribution in [0.2, 0.25) is 5.02 Å². The summed E-state index contributed by atoms with van der Waals surface area (Å²) in [4.78, 5) is 24.3. The molecule has 1 aromatic carbocycles. The van der Waals surface area contributed by atoms with Crippen LogP contribution >= 0.6 is 11.6 Å². The van der Waals surface area contributed by atoms with Gasteiger partial charge in [-0.15, -0.1) is 0 Å². The van der Waals surface area contributed by atoms with Crippen LogP contribution in [0.4, 0.5) is 0 Å². The van der Waals surface area contributed by atoms with Crippen LogP contribution in [-0.4, -0.2) is 49.8 Å². The van der Waals surface area contributed by atoms with Crippen molar-refractivity contribution in [3.05, 3.63) is 28.8 Å². The first kappa shape index (κ1) is 21.1. The third-order valence-corrected chi connectivity index (χ3v) is 7.33. The van der Waals surface area contributed by atoms with Crippen molar-refractivity contribution in [2.45, 2.75) is 56.6 Å². The molecule has 2 unspecified atom stereocenters. The summed E-state index contributed by atoms with van der Waals surface area (Å²) in [5, 5.41) is 2.81. The number of rotatable bonds is 6. The molecule has 1 saturated heterocycles. The van der Waals surface area contributed by atoms with E-state index in [1.165, 1.54) is 29.4 Å². The second-order valence-electron chi connectivity index (χ2n) is 7.59. The van der Waals surface area contributed by atoms with E-state index in [0.717, 1.165) is 25.7 Å². The first-order valence-electron chi connectivity index (χ1n) is 9.49. The second kappa shape index (κ2) is 8.39. The predicted octanol–water partition coefficient (Wildman–Crippen LogP) is 2.58. The monoisotopic (exact) mass is 428 g/mol. The van der Waals surface area contributed by atoms with E-state index in [4.69, 9.17) is 16.3 Å². The molecule has 1 aromatic rings. The number of nitrogens with one attached hydrogen (secondary N) is 1. The normalized spacial score (nSPS) is 21.8. The van der Waals surface area contributed by atoms with Gasteiger partial charge in [0.05, 0.1) is 10.6 Å². The third kappa shape index (κ3) is 4.85. The van der Waals surface area contributed by atoms with Crippen molar-refractivity contribution in [2.75, 3.05) is 13.1 Å². The summed E-state index contributed by atoms with van der Waals surface area (Å²) < 4.78 is 32.6. The average molecular weight is 429 g/mol. The molecule has 28 heavy (non-hydrogen) atoms. The fourth-order valence-electron chi connectivity index (χ4n) is 3.16. The minimum Gasteiger partial charge on any atom is -0.449 e. The Morgan fingerprint density at radius 3 is 2.64 bits per heavy atom. The lowest BCUT2D eigenvalue weighted by atomic mass is 10.0. The molecule has 154 valence electrons. The lowest BCUT2D eigenvalue weighted by molar-refractivity contribution is -0.129. The largest absolute Gasteiger partial charge is 0.449 e. The molecule has 0 bridgehead atoms. The number of halogens is 1. The Bertz CT molecular complexity index is 869. The van der Waals surface area contributed by atoms with E-state index in [9.17, 15) is 18.0 Å². The van der Waals surface area contributed by atoms with Crippen molar-refractivity contribution in [3.8, 4) is 0 Å². The van der Waals surface area contributed by atoms with Crippen LogP contribution in [0.25, 0.3) is 0 Å². The minimum atomic E-state index is -3.82. The van der Waals surface area contributed by atoms with E-state index in [1.54, 1.807) is 0 Å². The highest BCUT2D eigenvalue weighted by molar-refractivity contribution is 7.89. The number of carbonyl (C=O) groups is 2. The summed E-state index contributed by atoms with van der Waals surface area (Å²) >= 11 is 6.14. The van der Waals surface area contributed by atoms with Crippen molar-refractivity contribution >= 4 is 33.5 Å². The fraction of sp³-hybridized carbons (Fsp3) is 0.579. The molecule has 1 N–H and O–H groups in total. The third-order valence-electron chi connectivity index (χ3n) is 4.98. The van der Waals surface area contributed by atoms with Gasteiger partial charge in [0.25, 0.3) is 5.91 Å². The van der Waals surface area contributed by atoms with Crippen LogP contribution in [0.1, 0.15) is 49.9 Å². The van der Waals surface area contributed by atoms with Gasteiger partial charge in [-0.25, -0.2) is 13.2 Å². The number of carbonyl (C=O) groups excluding carboxylic acids is 2. The number of sulfonamides is 1. The van der Waals surface area contributed by atoms with E-state index < -0.39 is 22.1 Å². The zero-order chi connectivity index (χ0) is 20.5. The summed E-state index contributed by atoms with van der Waals surface area (Å²) in [6.45, 7) is 4.34. The van der Waals surface area contributed by atoms with Crippen LogP contribution < -0.4 is 5.32 Å². The number of esters is 1. The van der Waals surface area contributed by atoms with Crippen molar-refractivity contribution in [2.24, 2.45) is 5.92 Å². The molecule has 0 radical (unpaired) electrons. The lowest BCUT2D eigenvalue weighted by Gasteiger charge is -2.30. The van der Waals surface area contributed by atoms with Crippen molar-refractivity contribution in [1.82, 2.24) is 9.62 Å². The maximum atomic E-state index is 13.0. The minimum absolute atomic E-state index is 0.0408. The molecule has 1 aliphatic heterocycles. The zero-order valence-electron chi connectivity index (χ0n) is 16.0. The van der Waals surface area contributed by atoms with Gasteiger partial charge in [-0.1, -0.05) is 18.5 Å². The number of nitrogens with zero attached hydrogens (tertiary/aromatic N) is 1. The maximum absolute atomic E-state index is 13.0. The maximum Gasteiger partial charge on any atom is 0.338 e. The molecule has 1 amide bonds. The van der Waals surface area contributed by atoms with Gasteiger partial charge in [-0.2, -0.15) is 4.31 Å². The summed E-state index contributed by atoms with van der Waals surface area (Å²) in [5.41, 5.74) is 0.0408. The molecule has 2 fully saturated rings. The predicted molar refractivity (Wildman–Crippen MR) is 105 cm³/mol. The highest BCUT2D eigenvalue weighted by atomic mass is 35.5.